The van der Waals surface area contributed by atoms with Gasteiger partial charge in [0.05, 0.1) is 25.9 Å². The molecule has 9 heteroatoms. The van der Waals surface area contributed by atoms with Gasteiger partial charge in [-0.05, 0) is 23.6 Å². The fraction of sp³-hybridized carbons (Fsp3) is 0.484. The van der Waals surface area contributed by atoms with Crippen LogP contribution >= 0.6 is 0 Å². The van der Waals surface area contributed by atoms with Crippen molar-refractivity contribution in [1.82, 2.24) is 19.7 Å². The summed E-state index contributed by atoms with van der Waals surface area (Å²) < 4.78 is 11.4. The largest absolute Gasteiger partial charge is 0.447 e. The summed E-state index contributed by atoms with van der Waals surface area (Å²) in [5.74, 6) is 0.508. The van der Waals surface area contributed by atoms with Crippen LogP contribution in [0.4, 0.5) is 5.69 Å². The molecule has 2 saturated heterocycles. The number of β-amino-alcohol motifs (C(OH)–C–C–N with tert-alkyl or cyclic N) is 1. The third kappa shape index (κ3) is 7.48. The lowest BCUT2D eigenvalue weighted by atomic mass is 10.1. The maximum Gasteiger partial charge on any atom is 0.275 e. The van der Waals surface area contributed by atoms with Gasteiger partial charge in [-0.25, -0.2) is 4.98 Å². The van der Waals surface area contributed by atoms with Gasteiger partial charge in [-0.3, -0.25) is 14.6 Å². The van der Waals surface area contributed by atoms with E-state index in [-0.39, 0.29) is 5.91 Å². The number of rotatable bonds is 11. The van der Waals surface area contributed by atoms with E-state index in [1.54, 1.807) is 0 Å². The van der Waals surface area contributed by atoms with Gasteiger partial charge in [0.15, 0.2) is 5.69 Å². The number of para-hydroxylation sites is 1. The predicted octanol–water partition coefficient (Wildman–Crippen LogP) is 2.89. The number of aliphatic hydroxyl groups is 1. The van der Waals surface area contributed by atoms with Crippen molar-refractivity contribution in [3.8, 4) is 0 Å². The van der Waals surface area contributed by atoms with Crippen molar-refractivity contribution in [3.05, 3.63) is 83.6 Å². The molecule has 9 nitrogen and oxygen atoms in total. The van der Waals surface area contributed by atoms with Crippen molar-refractivity contribution < 1.29 is 19.1 Å². The van der Waals surface area contributed by atoms with Gasteiger partial charge in [0.2, 0.25) is 5.89 Å². The summed E-state index contributed by atoms with van der Waals surface area (Å²) in [7, 11) is 0. The molecule has 0 unspecified atom stereocenters. The molecular weight excluding hydrogens is 506 g/mol. The van der Waals surface area contributed by atoms with Gasteiger partial charge in [-0.1, -0.05) is 55.5 Å². The second kappa shape index (κ2) is 13.9. The molecule has 1 aromatic heterocycles. The highest BCUT2D eigenvalue weighted by Gasteiger charge is 2.26. The number of oxazole rings is 1. The fourth-order valence-corrected chi connectivity index (χ4v) is 5.47. The Morgan fingerprint density at radius 3 is 2.40 bits per heavy atom. The molecule has 0 bridgehead atoms. The molecule has 1 N–H and O–H groups in total. The second-order valence-electron chi connectivity index (χ2n) is 10.6. The summed E-state index contributed by atoms with van der Waals surface area (Å²) in [5, 5.41) is 10.4. The highest BCUT2D eigenvalue weighted by Crippen LogP contribution is 2.23. The van der Waals surface area contributed by atoms with E-state index in [4.69, 9.17) is 9.15 Å². The number of hydrogen-bond acceptors (Lipinski definition) is 8. The Bertz CT molecular complexity index is 1200. The Morgan fingerprint density at radius 1 is 0.950 bits per heavy atom. The van der Waals surface area contributed by atoms with Crippen molar-refractivity contribution in [2.24, 2.45) is 0 Å². The first-order chi connectivity index (χ1) is 19.6. The van der Waals surface area contributed by atoms with Gasteiger partial charge in [0.1, 0.15) is 6.26 Å². The molecule has 3 heterocycles. The Balaban J connectivity index is 1.02. The normalized spacial score (nSPS) is 17.8. The number of piperazine rings is 2. The Kier molecular flexibility index (Phi) is 9.83. The molecule has 0 saturated carbocycles. The molecule has 2 aromatic carbocycles. The summed E-state index contributed by atoms with van der Waals surface area (Å²) in [5.41, 5.74) is 4.10. The first-order valence-corrected chi connectivity index (χ1v) is 14.4. The molecule has 0 spiro atoms. The number of aromatic nitrogens is 1. The van der Waals surface area contributed by atoms with Gasteiger partial charge in [0, 0.05) is 64.6 Å². The molecule has 1 amide bonds. The number of benzene rings is 2. The van der Waals surface area contributed by atoms with Gasteiger partial charge in [-0.2, -0.15) is 0 Å². The summed E-state index contributed by atoms with van der Waals surface area (Å²) in [6, 6.07) is 18.5. The van der Waals surface area contributed by atoms with E-state index < -0.39 is 6.10 Å². The molecule has 5 rings (SSSR count). The number of nitrogens with zero attached hydrogens (tertiary/aromatic N) is 5. The van der Waals surface area contributed by atoms with E-state index in [1.807, 2.05) is 35.2 Å². The van der Waals surface area contributed by atoms with Crippen LogP contribution in [0.15, 0.2) is 65.3 Å². The number of aliphatic hydroxyl groups excluding tert-OH is 1. The molecule has 0 aliphatic carbocycles. The van der Waals surface area contributed by atoms with Gasteiger partial charge >= 0.3 is 0 Å². The zero-order valence-corrected chi connectivity index (χ0v) is 23.5. The summed E-state index contributed by atoms with van der Waals surface area (Å²) in [6.07, 6.45) is 1.98. The first-order valence-electron chi connectivity index (χ1n) is 14.4. The molecule has 1 atom stereocenters. The van der Waals surface area contributed by atoms with Crippen LogP contribution in [0.1, 0.15) is 34.4 Å². The molecule has 214 valence electrons. The average molecular weight is 548 g/mol. The summed E-state index contributed by atoms with van der Waals surface area (Å²) in [6.45, 7) is 10.6. The van der Waals surface area contributed by atoms with Crippen LogP contribution in [0.3, 0.4) is 0 Å². The minimum atomic E-state index is -0.515. The van der Waals surface area contributed by atoms with Gasteiger partial charge in [0.25, 0.3) is 5.91 Å². The zero-order chi connectivity index (χ0) is 27.7. The predicted molar refractivity (Wildman–Crippen MR) is 154 cm³/mol. The highest BCUT2D eigenvalue weighted by molar-refractivity contribution is 5.92. The summed E-state index contributed by atoms with van der Waals surface area (Å²) >= 11 is 0. The molecule has 3 aromatic rings. The third-order valence-corrected chi connectivity index (χ3v) is 7.77. The Labute approximate surface area is 236 Å². The lowest BCUT2D eigenvalue weighted by Crippen LogP contribution is -2.49. The van der Waals surface area contributed by atoms with Gasteiger partial charge < -0.3 is 24.1 Å². The zero-order valence-electron chi connectivity index (χ0n) is 23.5. The Hall–Kier alpha value is -3.24. The minimum Gasteiger partial charge on any atom is -0.447 e. The van der Waals surface area contributed by atoms with Crippen LogP contribution in [-0.4, -0.2) is 102 Å². The van der Waals surface area contributed by atoms with Crippen LogP contribution in [0.2, 0.25) is 0 Å². The van der Waals surface area contributed by atoms with Crippen LogP contribution < -0.4 is 4.90 Å². The number of hydrogen-bond donors (Lipinski definition) is 1. The van der Waals surface area contributed by atoms with E-state index in [2.05, 4.69) is 50.9 Å². The lowest BCUT2D eigenvalue weighted by molar-refractivity contribution is 0.000371. The van der Waals surface area contributed by atoms with Crippen molar-refractivity contribution in [2.45, 2.75) is 32.6 Å². The van der Waals surface area contributed by atoms with E-state index >= 15 is 0 Å². The van der Waals surface area contributed by atoms with Crippen LogP contribution in [0.25, 0.3) is 0 Å². The summed E-state index contributed by atoms with van der Waals surface area (Å²) in [4.78, 5) is 26.4. The van der Waals surface area contributed by atoms with Crippen LogP contribution in [0.5, 0.6) is 0 Å². The average Bonchev–Trinajstić information content (AvgIpc) is 3.47. The van der Waals surface area contributed by atoms with Crippen molar-refractivity contribution in [3.63, 3.8) is 0 Å². The number of carbonyl (C=O) groups excluding carboxylic acids is 1. The number of ether oxygens (including phenoxy) is 1. The van der Waals surface area contributed by atoms with Crippen LogP contribution in [0, 0.1) is 0 Å². The second-order valence-corrected chi connectivity index (χ2v) is 10.6. The Morgan fingerprint density at radius 2 is 1.65 bits per heavy atom. The highest BCUT2D eigenvalue weighted by atomic mass is 16.5. The van der Waals surface area contributed by atoms with E-state index in [0.717, 1.165) is 51.3 Å². The van der Waals surface area contributed by atoms with Crippen molar-refractivity contribution in [1.29, 1.82) is 0 Å². The minimum absolute atomic E-state index is 0.0632. The molecule has 2 fully saturated rings. The van der Waals surface area contributed by atoms with E-state index in [9.17, 15) is 9.90 Å². The first kappa shape index (κ1) is 28.3. The molecule has 0 radical (unpaired) electrons. The maximum atomic E-state index is 13.1. The fourth-order valence-electron chi connectivity index (χ4n) is 5.47. The van der Waals surface area contributed by atoms with Crippen molar-refractivity contribution >= 4 is 11.6 Å². The molecule has 2 aliphatic rings. The quantitative estimate of drug-likeness (QED) is 0.392. The van der Waals surface area contributed by atoms with Crippen LogP contribution in [-0.2, 0) is 24.3 Å². The third-order valence-electron chi connectivity index (χ3n) is 7.77. The molecular formula is C31H41N5O4. The topological polar surface area (TPSA) is 85.5 Å². The smallest absolute Gasteiger partial charge is 0.275 e. The number of amides is 1. The van der Waals surface area contributed by atoms with Crippen molar-refractivity contribution in [2.75, 3.05) is 70.4 Å². The maximum absolute atomic E-state index is 13.1. The SMILES string of the molecule is CCc1ccccc1N1CCN(C(=O)c2coc(CN3CCN(C[C@H](O)COCc4ccccc4)CC3)n2)CC1. The number of anilines is 1. The van der Waals surface area contributed by atoms with Gasteiger partial charge in [-0.15, -0.1) is 0 Å². The monoisotopic (exact) mass is 547 g/mol. The lowest BCUT2D eigenvalue weighted by Gasteiger charge is -2.36. The molecule has 2 aliphatic heterocycles. The standard InChI is InChI=1S/C31H41N5O4/c1-2-26-10-6-7-11-29(26)35-16-18-36(19-17-35)31(38)28-24-40-30(32-28)21-34-14-12-33(13-15-34)20-27(37)23-39-22-25-8-4-3-5-9-25/h3-11,24,27,37H,2,12-23H2,1H3/t27-/m0/s1. The van der Waals surface area contributed by atoms with E-state index in [1.165, 1.54) is 17.5 Å². The number of carbonyl (C=O) groups is 1. The molecule has 40 heavy (non-hydrogen) atoms. The van der Waals surface area contributed by atoms with E-state index in [0.29, 0.717) is 51.0 Å². The number of aryl methyl sites for hydroxylation is 1.